The predicted octanol–water partition coefficient (Wildman–Crippen LogP) is 2.39. The first-order valence-corrected chi connectivity index (χ1v) is 13.8. The molecule has 4 fully saturated rings. The molecule has 200 valence electrons. The van der Waals surface area contributed by atoms with E-state index in [1.165, 1.54) is 18.6 Å². The maximum atomic E-state index is 13.5. The zero-order valence-corrected chi connectivity index (χ0v) is 21.6. The quantitative estimate of drug-likeness (QED) is 0.401. The summed E-state index contributed by atoms with van der Waals surface area (Å²) in [6.45, 7) is 4.68. The highest BCUT2D eigenvalue weighted by atomic mass is 16.3. The molecule has 8 heteroatoms. The minimum Gasteiger partial charge on any atom is -0.507 e. The predicted molar refractivity (Wildman–Crippen MR) is 136 cm³/mol. The number of allylic oxidation sites excluding steroid dienone is 3. The SMILES string of the molecule is CC[C@H]1C[C@@H]2C[C@@H]3[C@@H]4C/C=C\C(=O)NCCC(O)C5NC(=O)C(=C(O)/C=C/[C@H]4CC(=O)[C@@H]3[C@@H]2[C@H]1C)C5=O. The number of hydrogen-bond donors (Lipinski definition) is 4. The lowest BCUT2D eigenvalue weighted by atomic mass is 9.63. The molecule has 8 nitrogen and oxygen atoms in total. The van der Waals surface area contributed by atoms with Gasteiger partial charge in [0.15, 0.2) is 5.78 Å². The van der Waals surface area contributed by atoms with Crippen LogP contribution >= 0.6 is 0 Å². The molecule has 2 unspecified atom stereocenters. The molecule has 5 rings (SSSR count). The van der Waals surface area contributed by atoms with E-state index in [0.717, 1.165) is 12.8 Å². The average Bonchev–Trinajstić information content (AvgIpc) is 3.48. The summed E-state index contributed by atoms with van der Waals surface area (Å²) < 4.78 is 0. The van der Waals surface area contributed by atoms with Crippen LogP contribution in [0, 0.1) is 47.3 Å². The van der Waals surface area contributed by atoms with Crippen LogP contribution < -0.4 is 10.6 Å². The number of aliphatic hydroxyl groups excluding tert-OH is 2. The van der Waals surface area contributed by atoms with Crippen molar-refractivity contribution >= 4 is 23.4 Å². The number of Topliss-reactive ketones (excluding diaryl/α,β-unsaturated/α-hetero) is 2. The van der Waals surface area contributed by atoms with Gasteiger partial charge >= 0.3 is 0 Å². The number of ketones is 2. The molecule has 10 atom stereocenters. The molecule has 4 N–H and O–H groups in total. The summed E-state index contributed by atoms with van der Waals surface area (Å²) in [5.41, 5.74) is -0.372. The molecule has 2 bridgehead atoms. The molecule has 5 aliphatic rings. The Morgan fingerprint density at radius 2 is 1.86 bits per heavy atom. The molecule has 0 spiro atoms. The van der Waals surface area contributed by atoms with Gasteiger partial charge in [0.2, 0.25) is 5.91 Å². The van der Waals surface area contributed by atoms with E-state index in [9.17, 15) is 29.4 Å². The van der Waals surface area contributed by atoms with Crippen LogP contribution in [0.3, 0.4) is 0 Å². The molecule has 0 aromatic carbocycles. The van der Waals surface area contributed by atoms with E-state index in [0.29, 0.717) is 36.5 Å². The van der Waals surface area contributed by atoms with Crippen LogP contribution in [0.5, 0.6) is 0 Å². The molecule has 2 amide bonds. The lowest BCUT2D eigenvalue weighted by Gasteiger charge is -2.40. The Labute approximate surface area is 217 Å². The molecule has 1 saturated heterocycles. The zero-order valence-electron chi connectivity index (χ0n) is 21.6. The fraction of sp³-hybridized carbons (Fsp3) is 0.655. The molecule has 3 saturated carbocycles. The van der Waals surface area contributed by atoms with Crippen molar-refractivity contribution in [2.24, 2.45) is 47.3 Å². The Balaban J connectivity index is 1.47. The van der Waals surface area contributed by atoms with Crippen LogP contribution in [0.15, 0.2) is 35.6 Å². The van der Waals surface area contributed by atoms with E-state index in [-0.39, 0.29) is 53.9 Å². The Hall–Kier alpha value is -2.74. The highest BCUT2D eigenvalue weighted by Gasteiger charge is 2.58. The third-order valence-corrected chi connectivity index (χ3v) is 9.99. The van der Waals surface area contributed by atoms with Gasteiger partial charge in [-0.15, -0.1) is 0 Å². The summed E-state index contributed by atoms with van der Waals surface area (Å²) in [7, 11) is 0. The number of rotatable bonds is 1. The van der Waals surface area contributed by atoms with E-state index in [1.807, 2.05) is 6.08 Å². The molecule has 2 heterocycles. The van der Waals surface area contributed by atoms with Crippen LogP contribution in [-0.2, 0) is 19.2 Å². The monoisotopic (exact) mass is 510 g/mol. The van der Waals surface area contributed by atoms with Crippen LogP contribution in [0.1, 0.15) is 52.4 Å². The number of hydrogen-bond acceptors (Lipinski definition) is 6. The fourth-order valence-electron chi connectivity index (χ4n) is 8.25. The van der Waals surface area contributed by atoms with E-state index < -0.39 is 29.6 Å². The molecular formula is C29H38N2O6. The molecule has 0 aromatic rings. The van der Waals surface area contributed by atoms with Crippen LogP contribution in [-0.4, -0.2) is 52.3 Å². The summed E-state index contributed by atoms with van der Waals surface area (Å²) >= 11 is 0. The van der Waals surface area contributed by atoms with Crippen molar-refractivity contribution in [3.63, 3.8) is 0 Å². The van der Waals surface area contributed by atoms with Crippen LogP contribution in [0.4, 0.5) is 0 Å². The van der Waals surface area contributed by atoms with Crippen molar-refractivity contribution in [3.05, 3.63) is 35.6 Å². The number of carbonyl (C=O) groups excluding carboxylic acids is 4. The Morgan fingerprint density at radius 3 is 2.62 bits per heavy atom. The van der Waals surface area contributed by atoms with Gasteiger partial charge in [-0.1, -0.05) is 32.4 Å². The van der Waals surface area contributed by atoms with Gasteiger partial charge in [-0.2, -0.15) is 0 Å². The molecule has 2 aliphatic heterocycles. The standard InChI is InChI=1S/C29H38N2O6/c1-3-15-11-17-12-19-18-5-4-6-23(35)30-10-9-21(33)27-28(36)26(29(37)31-27)20(32)8-7-16(18)13-22(34)25(19)24(17)14(15)2/h4,6-8,14-19,21,24-25,27,32-33H,3,5,9-13H2,1-2H3,(H,30,35)(H,31,37)/b6-4-,8-7+,26-20?/t14-,15-,16-,17+,18+,19+,21?,24+,25+,27?/m0/s1. The molecule has 0 aromatic heterocycles. The number of carbonyl (C=O) groups is 4. The number of fused-ring (bicyclic) bond motifs is 7. The summed E-state index contributed by atoms with van der Waals surface area (Å²) in [5.74, 6) is 0.507. The van der Waals surface area contributed by atoms with Gasteiger partial charge < -0.3 is 20.8 Å². The second-order valence-corrected chi connectivity index (χ2v) is 11.7. The molecule has 3 aliphatic carbocycles. The maximum absolute atomic E-state index is 13.5. The summed E-state index contributed by atoms with van der Waals surface area (Å²) in [6.07, 6.45) is 9.70. The summed E-state index contributed by atoms with van der Waals surface area (Å²) in [6, 6.07) is -1.17. The normalized spacial score (nSPS) is 44.1. The van der Waals surface area contributed by atoms with Gasteiger partial charge in [0.1, 0.15) is 23.2 Å². The largest absolute Gasteiger partial charge is 0.507 e. The Morgan fingerprint density at radius 1 is 1.08 bits per heavy atom. The molecule has 0 radical (unpaired) electrons. The number of amides is 2. The minimum atomic E-state index is -1.20. The van der Waals surface area contributed by atoms with Gasteiger partial charge in [-0.05, 0) is 79.3 Å². The smallest absolute Gasteiger partial charge is 0.259 e. The highest BCUT2D eigenvalue weighted by molar-refractivity contribution is 6.27. The van der Waals surface area contributed by atoms with Crippen molar-refractivity contribution < 1.29 is 29.4 Å². The van der Waals surface area contributed by atoms with Gasteiger partial charge in [0, 0.05) is 18.9 Å². The second kappa shape index (κ2) is 10.2. The van der Waals surface area contributed by atoms with Crippen LogP contribution in [0.2, 0.25) is 0 Å². The highest BCUT2D eigenvalue weighted by Crippen LogP contribution is 2.61. The lowest BCUT2D eigenvalue weighted by molar-refractivity contribution is -0.131. The van der Waals surface area contributed by atoms with E-state index >= 15 is 0 Å². The van der Waals surface area contributed by atoms with E-state index in [1.54, 1.807) is 6.08 Å². The lowest BCUT2D eigenvalue weighted by Crippen LogP contribution is -2.42. The first-order valence-electron chi connectivity index (χ1n) is 13.8. The average molecular weight is 511 g/mol. The van der Waals surface area contributed by atoms with Gasteiger partial charge in [-0.3, -0.25) is 19.2 Å². The zero-order chi connectivity index (χ0) is 26.4. The topological polar surface area (TPSA) is 133 Å². The van der Waals surface area contributed by atoms with Crippen molar-refractivity contribution in [2.75, 3.05) is 6.54 Å². The van der Waals surface area contributed by atoms with Crippen molar-refractivity contribution in [1.29, 1.82) is 0 Å². The first kappa shape index (κ1) is 25.9. The maximum Gasteiger partial charge on any atom is 0.259 e. The van der Waals surface area contributed by atoms with Crippen molar-refractivity contribution in [3.8, 4) is 0 Å². The first-order chi connectivity index (χ1) is 17.7. The number of aliphatic hydroxyl groups is 2. The molecule has 37 heavy (non-hydrogen) atoms. The van der Waals surface area contributed by atoms with E-state index in [2.05, 4.69) is 24.5 Å². The second-order valence-electron chi connectivity index (χ2n) is 11.7. The van der Waals surface area contributed by atoms with Crippen molar-refractivity contribution in [2.45, 2.75) is 64.5 Å². The third-order valence-electron chi connectivity index (χ3n) is 9.99. The van der Waals surface area contributed by atoms with Crippen LogP contribution in [0.25, 0.3) is 0 Å². The Kier molecular flexibility index (Phi) is 7.14. The number of nitrogens with one attached hydrogen (secondary N) is 2. The van der Waals surface area contributed by atoms with Gasteiger partial charge in [-0.25, -0.2) is 0 Å². The molecular weight excluding hydrogens is 472 g/mol. The van der Waals surface area contributed by atoms with Gasteiger partial charge in [0.05, 0.1) is 6.10 Å². The Bertz CT molecular complexity index is 1080. The van der Waals surface area contributed by atoms with E-state index in [4.69, 9.17) is 0 Å². The summed E-state index contributed by atoms with van der Waals surface area (Å²) in [5, 5.41) is 26.3. The minimum absolute atomic E-state index is 0.0374. The fourth-order valence-corrected chi connectivity index (χ4v) is 8.25. The van der Waals surface area contributed by atoms with Crippen molar-refractivity contribution in [1.82, 2.24) is 10.6 Å². The summed E-state index contributed by atoms with van der Waals surface area (Å²) in [4.78, 5) is 51.2. The van der Waals surface area contributed by atoms with Gasteiger partial charge in [0.25, 0.3) is 5.91 Å². The third kappa shape index (κ3) is 4.58.